The Morgan fingerprint density at radius 3 is 2.52 bits per heavy atom. The summed E-state index contributed by atoms with van der Waals surface area (Å²) in [5.41, 5.74) is -2.32. The third-order valence-corrected chi connectivity index (χ3v) is 2.54. The van der Waals surface area contributed by atoms with Gasteiger partial charge in [-0.15, -0.1) is 0 Å². The van der Waals surface area contributed by atoms with Crippen LogP contribution in [0.15, 0.2) is 17.1 Å². The molecule has 118 valence electrons. The van der Waals surface area contributed by atoms with Gasteiger partial charge in [0.05, 0.1) is 5.56 Å². The molecular formula is C13H17F3N2O3. The number of H-pyrrole nitrogens is 1. The number of pyridine rings is 1. The van der Waals surface area contributed by atoms with E-state index in [0.717, 1.165) is 0 Å². The molecule has 1 aromatic rings. The molecule has 1 aromatic heterocycles. The molecule has 8 heteroatoms. The van der Waals surface area contributed by atoms with E-state index in [1.807, 2.05) is 18.8 Å². The van der Waals surface area contributed by atoms with Gasteiger partial charge in [0, 0.05) is 12.8 Å². The standard InChI is InChI=1S/C13H17F3N2O3/c1-7(2)6-21-8(3)11(19)18-10-4-9(13(14,15)16)5-17-12(10)20/h4-5,7-8H,6H2,1-3H3,(H,17,20)(H,18,19)/t8-/m0/s1. The van der Waals surface area contributed by atoms with Gasteiger partial charge < -0.3 is 15.0 Å². The number of ether oxygens (including phenoxy) is 1. The molecule has 0 saturated carbocycles. The van der Waals surface area contributed by atoms with Gasteiger partial charge in [0.1, 0.15) is 11.8 Å². The first kappa shape index (κ1) is 17.2. The van der Waals surface area contributed by atoms with Crippen LogP contribution >= 0.6 is 0 Å². The van der Waals surface area contributed by atoms with Gasteiger partial charge in [-0.2, -0.15) is 13.2 Å². The number of amides is 1. The third-order valence-electron chi connectivity index (χ3n) is 2.54. The number of alkyl halides is 3. The molecule has 0 aliphatic rings. The van der Waals surface area contributed by atoms with Crippen molar-refractivity contribution in [1.82, 2.24) is 4.98 Å². The van der Waals surface area contributed by atoms with E-state index >= 15 is 0 Å². The van der Waals surface area contributed by atoms with Crippen LogP contribution in [0.5, 0.6) is 0 Å². The predicted octanol–water partition coefficient (Wildman–Crippen LogP) is 2.39. The summed E-state index contributed by atoms with van der Waals surface area (Å²) in [7, 11) is 0. The van der Waals surface area contributed by atoms with Crippen LogP contribution in [0.4, 0.5) is 18.9 Å². The summed E-state index contributed by atoms with van der Waals surface area (Å²) < 4.78 is 42.9. The van der Waals surface area contributed by atoms with E-state index in [2.05, 4.69) is 5.32 Å². The monoisotopic (exact) mass is 306 g/mol. The highest BCUT2D eigenvalue weighted by atomic mass is 19.4. The van der Waals surface area contributed by atoms with Crippen molar-refractivity contribution < 1.29 is 22.7 Å². The van der Waals surface area contributed by atoms with Gasteiger partial charge in [-0.3, -0.25) is 9.59 Å². The number of hydrogen-bond acceptors (Lipinski definition) is 3. The Morgan fingerprint density at radius 2 is 2.00 bits per heavy atom. The van der Waals surface area contributed by atoms with Crippen molar-refractivity contribution in [2.45, 2.75) is 33.1 Å². The number of halogens is 3. The molecule has 5 nitrogen and oxygen atoms in total. The molecule has 1 amide bonds. The van der Waals surface area contributed by atoms with Crippen LogP contribution < -0.4 is 10.9 Å². The van der Waals surface area contributed by atoms with Crippen LogP contribution in [0.25, 0.3) is 0 Å². The third kappa shape index (κ3) is 5.22. The summed E-state index contributed by atoms with van der Waals surface area (Å²) in [6.07, 6.45) is -4.93. The average molecular weight is 306 g/mol. The Labute approximate surface area is 119 Å². The molecule has 0 fully saturated rings. The molecule has 1 heterocycles. The van der Waals surface area contributed by atoms with Gasteiger partial charge >= 0.3 is 6.18 Å². The van der Waals surface area contributed by atoms with Gasteiger partial charge in [0.15, 0.2) is 0 Å². The lowest BCUT2D eigenvalue weighted by molar-refractivity contribution is -0.138. The zero-order valence-electron chi connectivity index (χ0n) is 11.9. The molecule has 1 rings (SSSR count). The summed E-state index contributed by atoms with van der Waals surface area (Å²) in [6, 6.07) is 0.589. The summed E-state index contributed by atoms with van der Waals surface area (Å²) in [5, 5.41) is 2.14. The van der Waals surface area contributed by atoms with Crippen LogP contribution in [-0.4, -0.2) is 23.6 Å². The van der Waals surface area contributed by atoms with Crippen LogP contribution in [0.1, 0.15) is 26.3 Å². The maximum atomic E-state index is 12.5. The van der Waals surface area contributed by atoms with Gasteiger partial charge in [0.2, 0.25) is 0 Å². The molecule has 0 aliphatic carbocycles. The number of aromatic nitrogens is 1. The van der Waals surface area contributed by atoms with E-state index in [9.17, 15) is 22.8 Å². The molecule has 21 heavy (non-hydrogen) atoms. The highest BCUT2D eigenvalue weighted by Gasteiger charge is 2.31. The smallest absolute Gasteiger partial charge is 0.368 e. The SMILES string of the molecule is CC(C)CO[C@@H](C)C(=O)Nc1cc(C(F)(F)F)c[nH]c1=O. The largest absolute Gasteiger partial charge is 0.417 e. The number of carbonyl (C=O) groups excluding carboxylic acids is 1. The van der Waals surface area contributed by atoms with Gasteiger partial charge in [-0.05, 0) is 18.9 Å². The summed E-state index contributed by atoms with van der Waals surface area (Å²) in [5.74, 6) is -0.474. The first-order chi connectivity index (χ1) is 9.61. The summed E-state index contributed by atoms with van der Waals surface area (Å²) in [4.78, 5) is 25.2. The molecule has 0 aliphatic heterocycles. The first-order valence-corrected chi connectivity index (χ1v) is 6.33. The van der Waals surface area contributed by atoms with E-state index in [1.54, 1.807) is 0 Å². The predicted molar refractivity (Wildman–Crippen MR) is 70.9 cm³/mol. The Morgan fingerprint density at radius 1 is 1.38 bits per heavy atom. The highest BCUT2D eigenvalue weighted by molar-refractivity contribution is 5.93. The molecule has 0 radical (unpaired) electrons. The minimum atomic E-state index is -4.61. The van der Waals surface area contributed by atoms with Crippen molar-refractivity contribution in [2.75, 3.05) is 11.9 Å². The second-order valence-corrected chi connectivity index (χ2v) is 4.99. The second kappa shape index (κ2) is 6.75. The fourth-order valence-electron chi connectivity index (χ4n) is 1.39. The Balaban J connectivity index is 2.83. The lowest BCUT2D eigenvalue weighted by atomic mass is 10.2. The molecule has 0 bridgehead atoms. The number of carbonyl (C=O) groups is 1. The van der Waals surface area contributed by atoms with Crippen molar-refractivity contribution >= 4 is 11.6 Å². The maximum Gasteiger partial charge on any atom is 0.417 e. The van der Waals surface area contributed by atoms with Crippen molar-refractivity contribution in [3.63, 3.8) is 0 Å². The zero-order chi connectivity index (χ0) is 16.2. The zero-order valence-corrected chi connectivity index (χ0v) is 11.9. The summed E-state index contributed by atoms with van der Waals surface area (Å²) >= 11 is 0. The van der Waals surface area contributed by atoms with Crippen LogP contribution in [0.3, 0.4) is 0 Å². The van der Waals surface area contributed by atoms with Crippen molar-refractivity contribution in [3.05, 3.63) is 28.2 Å². The lowest BCUT2D eigenvalue weighted by Gasteiger charge is -2.15. The highest BCUT2D eigenvalue weighted by Crippen LogP contribution is 2.29. The molecule has 0 aromatic carbocycles. The second-order valence-electron chi connectivity index (χ2n) is 4.99. The fraction of sp³-hybridized carbons (Fsp3) is 0.538. The topological polar surface area (TPSA) is 71.2 Å². The van der Waals surface area contributed by atoms with Crippen molar-refractivity contribution in [1.29, 1.82) is 0 Å². The van der Waals surface area contributed by atoms with Crippen LogP contribution in [-0.2, 0) is 15.7 Å². The first-order valence-electron chi connectivity index (χ1n) is 6.33. The Bertz CT molecular complexity index is 552. The van der Waals surface area contributed by atoms with E-state index in [4.69, 9.17) is 4.74 Å². The minimum Gasteiger partial charge on any atom is -0.368 e. The van der Waals surface area contributed by atoms with Crippen molar-refractivity contribution in [3.8, 4) is 0 Å². The normalized spacial score (nSPS) is 13.3. The quantitative estimate of drug-likeness (QED) is 0.877. The van der Waals surface area contributed by atoms with E-state index in [-0.39, 0.29) is 5.92 Å². The fourth-order valence-corrected chi connectivity index (χ4v) is 1.39. The Kier molecular flexibility index (Phi) is 5.54. The number of rotatable bonds is 5. The van der Waals surface area contributed by atoms with E-state index < -0.39 is 35.0 Å². The Hall–Kier alpha value is -1.83. The van der Waals surface area contributed by atoms with Gasteiger partial charge in [-0.1, -0.05) is 13.8 Å². The van der Waals surface area contributed by atoms with Gasteiger partial charge in [-0.25, -0.2) is 0 Å². The molecule has 1 atom stereocenters. The number of aromatic amines is 1. The molecule has 0 saturated heterocycles. The van der Waals surface area contributed by atoms with Crippen LogP contribution in [0, 0.1) is 5.92 Å². The lowest BCUT2D eigenvalue weighted by Crippen LogP contribution is -2.31. The maximum absolute atomic E-state index is 12.5. The number of nitrogens with one attached hydrogen (secondary N) is 2. The molecule has 0 unspecified atom stereocenters. The molecular weight excluding hydrogens is 289 g/mol. The van der Waals surface area contributed by atoms with E-state index in [0.29, 0.717) is 18.9 Å². The van der Waals surface area contributed by atoms with Crippen molar-refractivity contribution in [2.24, 2.45) is 5.92 Å². The molecule has 0 spiro atoms. The number of anilines is 1. The van der Waals surface area contributed by atoms with Crippen LogP contribution in [0.2, 0.25) is 0 Å². The minimum absolute atomic E-state index is 0.206. The molecule has 2 N–H and O–H groups in total. The van der Waals surface area contributed by atoms with Gasteiger partial charge in [0.25, 0.3) is 11.5 Å². The number of hydrogen-bond donors (Lipinski definition) is 2. The van der Waals surface area contributed by atoms with E-state index in [1.165, 1.54) is 6.92 Å². The average Bonchev–Trinajstić information content (AvgIpc) is 2.36. The summed E-state index contributed by atoms with van der Waals surface area (Å²) in [6.45, 7) is 5.57.